The quantitative estimate of drug-likeness (QED) is 0.138. The van der Waals surface area contributed by atoms with Gasteiger partial charge in [-0.1, -0.05) is 146 Å². The molecule has 11 rings (SSSR count). The van der Waals surface area contributed by atoms with Crippen molar-refractivity contribution in [1.29, 1.82) is 0 Å². The van der Waals surface area contributed by atoms with Crippen molar-refractivity contribution in [3.8, 4) is 44.9 Å². The fourth-order valence-electron chi connectivity index (χ4n) is 8.46. The number of fused-ring (bicyclic) bond motifs is 9. The maximum Gasteiger partial charge on any atom is 0.143 e. The van der Waals surface area contributed by atoms with Crippen molar-refractivity contribution in [2.45, 2.75) is 0 Å². The maximum atomic E-state index is 6.78. The Kier molecular flexibility index (Phi) is 5.45. The molecule has 0 aromatic heterocycles. The minimum absolute atomic E-state index is 0.908. The molecule has 0 N–H and O–H groups in total. The fraction of sp³-hybridized carbons (Fsp3) is 0. The van der Waals surface area contributed by atoms with Gasteiger partial charge in [0, 0.05) is 16.3 Å². The Morgan fingerprint density at radius 1 is 0.286 bits per heavy atom. The Bertz CT molecular complexity index is 3020. The van der Waals surface area contributed by atoms with Crippen LogP contribution in [0.3, 0.4) is 0 Å². The topological polar surface area (TPSA) is 9.23 Å². The van der Waals surface area contributed by atoms with E-state index in [2.05, 4.69) is 170 Å². The van der Waals surface area contributed by atoms with Gasteiger partial charge < -0.3 is 4.74 Å². The third kappa shape index (κ3) is 3.76. The monoisotopic (exact) mass is 620 g/mol. The number of hydrogen-bond acceptors (Lipinski definition) is 1. The van der Waals surface area contributed by atoms with E-state index in [0.717, 1.165) is 22.4 Å². The van der Waals surface area contributed by atoms with E-state index < -0.39 is 0 Å². The maximum absolute atomic E-state index is 6.78. The molecule has 0 radical (unpaired) electrons. The van der Waals surface area contributed by atoms with Crippen molar-refractivity contribution in [1.82, 2.24) is 0 Å². The Balaban J connectivity index is 1.26. The van der Waals surface area contributed by atoms with Crippen LogP contribution in [0.1, 0.15) is 0 Å². The Morgan fingerprint density at radius 3 is 1.76 bits per heavy atom. The van der Waals surface area contributed by atoms with Gasteiger partial charge in [0.25, 0.3) is 0 Å². The van der Waals surface area contributed by atoms with Gasteiger partial charge in [-0.3, -0.25) is 0 Å². The van der Waals surface area contributed by atoms with Gasteiger partial charge in [0.2, 0.25) is 0 Å². The molecule has 226 valence electrons. The smallest absolute Gasteiger partial charge is 0.143 e. The van der Waals surface area contributed by atoms with E-state index in [1.54, 1.807) is 0 Å². The largest absolute Gasteiger partial charge is 0.455 e. The van der Waals surface area contributed by atoms with Crippen LogP contribution in [0.2, 0.25) is 0 Å². The van der Waals surface area contributed by atoms with Crippen LogP contribution in [0.4, 0.5) is 0 Å². The summed E-state index contributed by atoms with van der Waals surface area (Å²) in [5, 5.41) is 14.8. The summed E-state index contributed by atoms with van der Waals surface area (Å²) in [6, 6.07) is 62.1. The third-order valence-corrected chi connectivity index (χ3v) is 10.6. The SMILES string of the molecule is c1ccc2c(-c3c4ccccc4cc4c3cc(-c3ccc5c6c(cccc36)-c3ccc6ccccc6c3O5)c3ccccc34)cccc2c1. The van der Waals surface area contributed by atoms with E-state index in [4.69, 9.17) is 4.74 Å². The zero-order chi connectivity index (χ0) is 32.1. The van der Waals surface area contributed by atoms with Gasteiger partial charge in [0.15, 0.2) is 0 Å². The molecule has 1 nitrogen and oxygen atoms in total. The van der Waals surface area contributed by atoms with Crippen molar-refractivity contribution in [2.75, 3.05) is 0 Å². The van der Waals surface area contributed by atoms with E-state index in [1.165, 1.54) is 87.1 Å². The van der Waals surface area contributed by atoms with Crippen molar-refractivity contribution >= 4 is 64.6 Å². The molecule has 1 heterocycles. The number of benzene rings is 10. The summed E-state index contributed by atoms with van der Waals surface area (Å²) in [4.78, 5) is 0. The van der Waals surface area contributed by atoms with Crippen molar-refractivity contribution < 1.29 is 4.74 Å². The standard InChI is InChI=1S/C48H28O/c1-4-15-32-29(11-1)14-9-20-38(32)46-33-16-5-3-13-31(33)27-42-35-18-7-8-19-36(35)43(28-44(42)46)37-25-26-45-47-39(37)21-10-22-40(47)41-24-23-30-12-2-6-17-34(30)48(41)49-45/h1-28H. The molecular formula is C48H28O. The average Bonchev–Trinajstić information content (AvgIpc) is 3.17. The molecule has 0 spiro atoms. The number of hydrogen-bond donors (Lipinski definition) is 0. The molecule has 10 aromatic carbocycles. The van der Waals surface area contributed by atoms with Gasteiger partial charge >= 0.3 is 0 Å². The van der Waals surface area contributed by atoms with Crippen LogP contribution in [0.5, 0.6) is 11.5 Å². The minimum atomic E-state index is 0.908. The lowest BCUT2D eigenvalue weighted by Crippen LogP contribution is -1.99. The van der Waals surface area contributed by atoms with E-state index in [0.29, 0.717) is 0 Å². The molecule has 1 aliphatic heterocycles. The van der Waals surface area contributed by atoms with Crippen LogP contribution in [-0.4, -0.2) is 0 Å². The predicted octanol–water partition coefficient (Wildman–Crippen LogP) is 13.7. The average molecular weight is 621 g/mol. The van der Waals surface area contributed by atoms with Crippen LogP contribution < -0.4 is 4.74 Å². The summed E-state index contributed by atoms with van der Waals surface area (Å²) in [7, 11) is 0. The Labute approximate surface area is 283 Å². The van der Waals surface area contributed by atoms with Gasteiger partial charge in [-0.25, -0.2) is 0 Å². The Hall–Kier alpha value is -6.44. The van der Waals surface area contributed by atoms with Gasteiger partial charge in [-0.05, 0) is 106 Å². The van der Waals surface area contributed by atoms with E-state index in [1.807, 2.05) is 0 Å². The summed E-state index contributed by atoms with van der Waals surface area (Å²) in [5.74, 6) is 1.85. The molecule has 1 heteroatoms. The van der Waals surface area contributed by atoms with Crippen LogP contribution in [0.15, 0.2) is 170 Å². The van der Waals surface area contributed by atoms with Crippen LogP contribution in [0.25, 0.3) is 98.0 Å². The van der Waals surface area contributed by atoms with Gasteiger partial charge in [0.05, 0.1) is 0 Å². The lowest BCUT2D eigenvalue weighted by atomic mass is 9.84. The highest BCUT2D eigenvalue weighted by Crippen LogP contribution is 2.52. The molecule has 0 atom stereocenters. The fourth-order valence-corrected chi connectivity index (χ4v) is 8.46. The van der Waals surface area contributed by atoms with Gasteiger partial charge in [0.1, 0.15) is 11.5 Å². The first-order chi connectivity index (χ1) is 24.3. The second-order valence-electron chi connectivity index (χ2n) is 13.2. The zero-order valence-corrected chi connectivity index (χ0v) is 26.6. The van der Waals surface area contributed by atoms with Crippen molar-refractivity contribution in [3.05, 3.63) is 170 Å². The van der Waals surface area contributed by atoms with Crippen molar-refractivity contribution in [3.63, 3.8) is 0 Å². The molecule has 1 aliphatic rings. The number of rotatable bonds is 2. The molecule has 0 aliphatic carbocycles. The highest BCUT2D eigenvalue weighted by molar-refractivity contribution is 6.26. The van der Waals surface area contributed by atoms with Gasteiger partial charge in [-0.15, -0.1) is 0 Å². The summed E-state index contributed by atoms with van der Waals surface area (Å²) in [5.41, 5.74) is 7.34. The van der Waals surface area contributed by atoms with Crippen LogP contribution in [0, 0.1) is 0 Å². The molecule has 49 heavy (non-hydrogen) atoms. The highest BCUT2D eigenvalue weighted by atomic mass is 16.5. The molecule has 0 fully saturated rings. The normalized spacial score (nSPS) is 12.2. The summed E-state index contributed by atoms with van der Waals surface area (Å²) >= 11 is 0. The molecular weight excluding hydrogens is 593 g/mol. The first-order valence-corrected chi connectivity index (χ1v) is 16.9. The summed E-state index contributed by atoms with van der Waals surface area (Å²) in [6.45, 7) is 0. The van der Waals surface area contributed by atoms with E-state index in [-0.39, 0.29) is 0 Å². The van der Waals surface area contributed by atoms with Gasteiger partial charge in [-0.2, -0.15) is 0 Å². The highest BCUT2D eigenvalue weighted by Gasteiger charge is 2.24. The molecule has 0 bridgehead atoms. The van der Waals surface area contributed by atoms with E-state index >= 15 is 0 Å². The van der Waals surface area contributed by atoms with Crippen molar-refractivity contribution in [2.24, 2.45) is 0 Å². The first-order valence-electron chi connectivity index (χ1n) is 16.9. The molecule has 0 unspecified atom stereocenters. The van der Waals surface area contributed by atoms with E-state index in [9.17, 15) is 0 Å². The second-order valence-corrected chi connectivity index (χ2v) is 13.2. The predicted molar refractivity (Wildman–Crippen MR) is 208 cm³/mol. The molecule has 0 saturated carbocycles. The first kappa shape index (κ1) is 26.6. The molecule has 0 amide bonds. The van der Waals surface area contributed by atoms with Crippen LogP contribution in [-0.2, 0) is 0 Å². The van der Waals surface area contributed by atoms with Crippen LogP contribution >= 0.6 is 0 Å². The third-order valence-electron chi connectivity index (χ3n) is 10.6. The number of ether oxygens (including phenoxy) is 1. The summed E-state index contributed by atoms with van der Waals surface area (Å²) in [6.07, 6.45) is 0. The summed E-state index contributed by atoms with van der Waals surface area (Å²) < 4.78 is 6.78. The zero-order valence-electron chi connectivity index (χ0n) is 26.6. The Morgan fingerprint density at radius 2 is 0.898 bits per heavy atom. The lowest BCUT2D eigenvalue weighted by Gasteiger charge is -2.24. The molecule has 0 saturated heterocycles. The molecule has 10 aromatic rings. The minimum Gasteiger partial charge on any atom is -0.455 e. The second kappa shape index (κ2) is 10.0. The lowest BCUT2D eigenvalue weighted by molar-refractivity contribution is 0.493.